The van der Waals surface area contributed by atoms with Gasteiger partial charge in [0.2, 0.25) is 5.91 Å². The summed E-state index contributed by atoms with van der Waals surface area (Å²) in [6.07, 6.45) is 1.49. The molecule has 1 aliphatic heterocycles. The van der Waals surface area contributed by atoms with Gasteiger partial charge in [-0.15, -0.1) is 0 Å². The molecule has 0 spiro atoms. The van der Waals surface area contributed by atoms with E-state index < -0.39 is 0 Å². The number of thiocarbonyl (C=S) groups is 1. The minimum absolute atomic E-state index is 0.0683. The summed E-state index contributed by atoms with van der Waals surface area (Å²) in [7, 11) is 0. The smallest absolute Gasteiger partial charge is 0.225 e. The van der Waals surface area contributed by atoms with Crippen molar-refractivity contribution in [2.45, 2.75) is 19.8 Å². The molecule has 3 heteroatoms. The molecule has 1 N–H and O–H groups in total. The quantitative estimate of drug-likeness (QED) is 0.509. The zero-order valence-electron chi connectivity index (χ0n) is 5.31. The van der Waals surface area contributed by atoms with Gasteiger partial charge < -0.3 is 5.32 Å². The van der Waals surface area contributed by atoms with Crippen LogP contribution >= 0.6 is 12.2 Å². The first-order chi connectivity index (χ1) is 4.18. The second-order valence-corrected chi connectivity index (χ2v) is 2.98. The maximum atomic E-state index is 10.7. The predicted octanol–water partition coefficient (Wildman–Crippen LogP) is 0.860. The van der Waals surface area contributed by atoms with Crippen molar-refractivity contribution in [2.24, 2.45) is 5.92 Å². The Morgan fingerprint density at radius 3 is 2.78 bits per heavy atom. The number of carbonyl (C=O) groups excluding carboxylic acids is 1. The van der Waals surface area contributed by atoms with E-state index in [2.05, 4.69) is 5.32 Å². The molecule has 0 saturated carbocycles. The van der Waals surface area contributed by atoms with Crippen molar-refractivity contribution in [3.8, 4) is 0 Å². The molecule has 0 aromatic rings. The van der Waals surface area contributed by atoms with E-state index >= 15 is 0 Å². The van der Waals surface area contributed by atoms with E-state index in [1.807, 2.05) is 6.92 Å². The summed E-state index contributed by atoms with van der Waals surface area (Å²) in [6, 6.07) is 0. The minimum Gasteiger partial charge on any atom is -0.320 e. The number of carbonyl (C=O) groups is 1. The molecular formula is C6H9NOS. The summed E-state index contributed by atoms with van der Waals surface area (Å²) < 4.78 is 0. The minimum atomic E-state index is 0.0683. The normalized spacial score (nSPS) is 27.9. The Kier molecular flexibility index (Phi) is 1.81. The molecule has 1 fully saturated rings. The van der Waals surface area contributed by atoms with E-state index in [-0.39, 0.29) is 5.91 Å². The first kappa shape index (κ1) is 6.68. The number of nitrogens with one attached hydrogen (secondary N) is 1. The number of hydrogen-bond acceptors (Lipinski definition) is 2. The Hall–Kier alpha value is -0.440. The summed E-state index contributed by atoms with van der Waals surface area (Å²) in [5, 5.41) is 2.60. The van der Waals surface area contributed by atoms with Gasteiger partial charge >= 0.3 is 0 Å². The molecule has 0 aliphatic carbocycles. The molecule has 1 unspecified atom stereocenters. The van der Waals surface area contributed by atoms with Crippen LogP contribution in [0.25, 0.3) is 0 Å². The van der Waals surface area contributed by atoms with Crippen LogP contribution in [0.4, 0.5) is 0 Å². The van der Waals surface area contributed by atoms with E-state index in [1.165, 1.54) is 0 Å². The van der Waals surface area contributed by atoms with Gasteiger partial charge in [-0.3, -0.25) is 4.79 Å². The van der Waals surface area contributed by atoms with Crippen LogP contribution < -0.4 is 5.32 Å². The lowest BCUT2D eigenvalue weighted by molar-refractivity contribution is -0.121. The summed E-state index contributed by atoms with van der Waals surface area (Å²) in [6.45, 7) is 2.03. The van der Waals surface area contributed by atoms with E-state index in [0.29, 0.717) is 17.3 Å². The Balaban J connectivity index is 2.53. The Bertz CT molecular complexity index is 139. The maximum Gasteiger partial charge on any atom is 0.225 e. The van der Waals surface area contributed by atoms with E-state index in [0.717, 1.165) is 6.42 Å². The molecule has 0 radical (unpaired) electrons. The average Bonchev–Trinajstić information content (AvgIpc) is 1.59. The molecule has 1 heterocycles. The molecule has 9 heavy (non-hydrogen) atoms. The summed E-state index contributed by atoms with van der Waals surface area (Å²) >= 11 is 4.83. The molecule has 2 nitrogen and oxygen atoms in total. The van der Waals surface area contributed by atoms with Crippen LogP contribution in [0, 0.1) is 5.92 Å². The van der Waals surface area contributed by atoms with Crippen molar-refractivity contribution < 1.29 is 4.79 Å². The number of amides is 1. The maximum absolute atomic E-state index is 10.7. The van der Waals surface area contributed by atoms with Crippen LogP contribution in [0.1, 0.15) is 19.8 Å². The first-order valence-electron chi connectivity index (χ1n) is 3.01. The molecule has 1 atom stereocenters. The van der Waals surface area contributed by atoms with Crippen molar-refractivity contribution >= 4 is 23.1 Å². The van der Waals surface area contributed by atoms with E-state index in [9.17, 15) is 4.79 Å². The Labute approximate surface area is 59.6 Å². The summed E-state index contributed by atoms with van der Waals surface area (Å²) in [5.74, 6) is 0.505. The summed E-state index contributed by atoms with van der Waals surface area (Å²) in [4.78, 5) is 11.4. The fourth-order valence-electron chi connectivity index (χ4n) is 0.963. The molecule has 0 bridgehead atoms. The van der Waals surface area contributed by atoms with Gasteiger partial charge in [0, 0.05) is 12.8 Å². The van der Waals surface area contributed by atoms with E-state index in [4.69, 9.17) is 12.2 Å². The highest BCUT2D eigenvalue weighted by molar-refractivity contribution is 7.80. The van der Waals surface area contributed by atoms with Gasteiger partial charge in [0.25, 0.3) is 0 Å². The topological polar surface area (TPSA) is 29.1 Å². The standard InChI is InChI=1S/C6H9NOS/c1-4-2-5(8)7-6(9)3-4/h4H,2-3H2,1H3,(H,7,8,9). The van der Waals surface area contributed by atoms with Gasteiger partial charge in [-0.05, 0) is 5.92 Å². The van der Waals surface area contributed by atoms with Crippen molar-refractivity contribution in [2.75, 3.05) is 0 Å². The Morgan fingerprint density at radius 1 is 1.67 bits per heavy atom. The van der Waals surface area contributed by atoms with Crippen LogP contribution in [0.5, 0.6) is 0 Å². The number of piperidine rings is 1. The highest BCUT2D eigenvalue weighted by atomic mass is 32.1. The van der Waals surface area contributed by atoms with Crippen molar-refractivity contribution in [3.05, 3.63) is 0 Å². The third-order valence-corrected chi connectivity index (χ3v) is 1.62. The first-order valence-corrected chi connectivity index (χ1v) is 3.42. The van der Waals surface area contributed by atoms with Crippen LogP contribution in [0.2, 0.25) is 0 Å². The number of hydrogen-bond donors (Lipinski definition) is 1. The summed E-state index contributed by atoms with van der Waals surface area (Å²) in [5.41, 5.74) is 0. The second-order valence-electron chi connectivity index (χ2n) is 2.48. The zero-order chi connectivity index (χ0) is 6.85. The predicted molar refractivity (Wildman–Crippen MR) is 39.1 cm³/mol. The van der Waals surface area contributed by atoms with Gasteiger partial charge in [0.05, 0.1) is 4.99 Å². The lowest BCUT2D eigenvalue weighted by atomic mass is 10.0. The lowest BCUT2D eigenvalue weighted by Crippen LogP contribution is -2.36. The molecule has 0 aromatic heterocycles. The lowest BCUT2D eigenvalue weighted by Gasteiger charge is -2.18. The Morgan fingerprint density at radius 2 is 2.33 bits per heavy atom. The van der Waals surface area contributed by atoms with Crippen LogP contribution in [0.3, 0.4) is 0 Å². The molecule has 1 amide bonds. The van der Waals surface area contributed by atoms with Gasteiger partial charge in [-0.25, -0.2) is 0 Å². The largest absolute Gasteiger partial charge is 0.320 e. The fraction of sp³-hybridized carbons (Fsp3) is 0.667. The van der Waals surface area contributed by atoms with Crippen LogP contribution in [-0.2, 0) is 4.79 Å². The van der Waals surface area contributed by atoms with Gasteiger partial charge in [-0.2, -0.15) is 0 Å². The van der Waals surface area contributed by atoms with Gasteiger partial charge in [0.1, 0.15) is 0 Å². The third-order valence-electron chi connectivity index (χ3n) is 1.35. The average molecular weight is 143 g/mol. The van der Waals surface area contributed by atoms with Crippen molar-refractivity contribution in [3.63, 3.8) is 0 Å². The fourth-order valence-corrected chi connectivity index (χ4v) is 1.36. The highest BCUT2D eigenvalue weighted by Crippen LogP contribution is 2.11. The van der Waals surface area contributed by atoms with E-state index in [1.54, 1.807) is 0 Å². The molecule has 1 rings (SSSR count). The monoisotopic (exact) mass is 143 g/mol. The van der Waals surface area contributed by atoms with Gasteiger partial charge in [0.15, 0.2) is 0 Å². The highest BCUT2D eigenvalue weighted by Gasteiger charge is 2.17. The molecule has 1 aliphatic rings. The molecule has 0 aromatic carbocycles. The molecule has 1 saturated heterocycles. The zero-order valence-corrected chi connectivity index (χ0v) is 6.12. The van der Waals surface area contributed by atoms with Crippen molar-refractivity contribution in [1.82, 2.24) is 5.32 Å². The third kappa shape index (κ3) is 1.75. The van der Waals surface area contributed by atoms with Gasteiger partial charge in [-0.1, -0.05) is 19.1 Å². The second kappa shape index (κ2) is 2.43. The van der Waals surface area contributed by atoms with Crippen LogP contribution in [0.15, 0.2) is 0 Å². The molecule has 50 valence electrons. The SMILES string of the molecule is CC1CC(=O)NC(=S)C1. The van der Waals surface area contributed by atoms with Crippen LogP contribution in [-0.4, -0.2) is 10.9 Å². The van der Waals surface area contributed by atoms with Crippen molar-refractivity contribution in [1.29, 1.82) is 0 Å². The molecular weight excluding hydrogens is 134 g/mol. The number of rotatable bonds is 0.